The highest BCUT2D eigenvalue weighted by atomic mass is 19.1. The zero-order chi connectivity index (χ0) is 24.9. The molecule has 0 bridgehead atoms. The van der Waals surface area contributed by atoms with E-state index >= 15 is 0 Å². The van der Waals surface area contributed by atoms with E-state index in [2.05, 4.69) is 41.2 Å². The molecule has 1 atom stereocenters. The lowest BCUT2D eigenvalue weighted by molar-refractivity contribution is 0.174. The molecule has 0 aliphatic carbocycles. The van der Waals surface area contributed by atoms with E-state index in [1.54, 1.807) is 0 Å². The Labute approximate surface area is 211 Å². The Balaban J connectivity index is 1.48. The highest BCUT2D eigenvalue weighted by molar-refractivity contribution is 5.64. The number of aromatic nitrogens is 2. The van der Waals surface area contributed by atoms with Gasteiger partial charge >= 0.3 is 0 Å². The van der Waals surface area contributed by atoms with Gasteiger partial charge in [0.2, 0.25) is 0 Å². The second kappa shape index (κ2) is 14.6. The fourth-order valence-electron chi connectivity index (χ4n) is 4.24. The maximum Gasteiger partial charge on any atom is 0.159 e. The number of halogens is 1. The van der Waals surface area contributed by atoms with Crippen molar-refractivity contribution >= 4 is 0 Å². The molecule has 1 heterocycles. The van der Waals surface area contributed by atoms with Gasteiger partial charge in [0.15, 0.2) is 5.82 Å². The lowest BCUT2D eigenvalue weighted by Crippen LogP contribution is -2.15. The molecule has 3 aromatic rings. The largest absolute Gasteiger partial charge is 0.491 e. The minimum atomic E-state index is -0.940. The molecule has 0 aliphatic heterocycles. The predicted molar refractivity (Wildman–Crippen MR) is 144 cm³/mol. The van der Waals surface area contributed by atoms with Crippen molar-refractivity contribution in [3.05, 3.63) is 66.5 Å². The molecule has 1 aromatic heterocycles. The highest BCUT2D eigenvalue weighted by Crippen LogP contribution is 2.24. The van der Waals surface area contributed by atoms with Crippen LogP contribution in [0.25, 0.3) is 22.5 Å². The number of ether oxygens (including phenoxy) is 1. The van der Waals surface area contributed by atoms with Crippen LogP contribution in [0.5, 0.6) is 5.75 Å². The molecule has 0 saturated heterocycles. The van der Waals surface area contributed by atoms with Gasteiger partial charge in [-0.05, 0) is 48.4 Å². The summed E-state index contributed by atoms with van der Waals surface area (Å²) in [7, 11) is 0. The van der Waals surface area contributed by atoms with E-state index in [9.17, 15) is 4.39 Å². The van der Waals surface area contributed by atoms with Crippen molar-refractivity contribution in [3.8, 4) is 28.3 Å². The SMILES string of the molecule is CCCCCCCCCc1ccc(-c2ncc(-c3ccc(OCC(F)CC(C)C)cc3)cn2)cc1. The van der Waals surface area contributed by atoms with Gasteiger partial charge in [-0.3, -0.25) is 0 Å². The summed E-state index contributed by atoms with van der Waals surface area (Å²) >= 11 is 0. The second-order valence-electron chi connectivity index (χ2n) is 9.93. The van der Waals surface area contributed by atoms with E-state index in [1.165, 1.54) is 50.5 Å². The van der Waals surface area contributed by atoms with Crippen LogP contribution in [0.15, 0.2) is 60.9 Å². The summed E-state index contributed by atoms with van der Waals surface area (Å²) < 4.78 is 19.4. The second-order valence-corrected chi connectivity index (χ2v) is 9.93. The first-order valence-electron chi connectivity index (χ1n) is 13.3. The third-order valence-electron chi connectivity index (χ3n) is 6.28. The third kappa shape index (κ3) is 9.43. The molecule has 0 radical (unpaired) electrons. The zero-order valence-electron chi connectivity index (χ0n) is 21.7. The monoisotopic (exact) mass is 476 g/mol. The number of unbranched alkanes of at least 4 members (excludes halogenated alkanes) is 6. The smallest absolute Gasteiger partial charge is 0.159 e. The van der Waals surface area contributed by atoms with Crippen LogP contribution in [0.4, 0.5) is 4.39 Å². The average molecular weight is 477 g/mol. The molecule has 2 aromatic carbocycles. The van der Waals surface area contributed by atoms with Gasteiger partial charge in [-0.25, -0.2) is 14.4 Å². The molecule has 0 saturated carbocycles. The third-order valence-corrected chi connectivity index (χ3v) is 6.28. The molecular weight excluding hydrogens is 435 g/mol. The summed E-state index contributed by atoms with van der Waals surface area (Å²) in [5, 5.41) is 0. The summed E-state index contributed by atoms with van der Waals surface area (Å²) in [5.41, 5.74) is 4.36. The maximum absolute atomic E-state index is 13.9. The molecule has 1 unspecified atom stereocenters. The van der Waals surface area contributed by atoms with Gasteiger partial charge < -0.3 is 4.74 Å². The Morgan fingerprint density at radius 2 is 1.34 bits per heavy atom. The van der Waals surface area contributed by atoms with Crippen LogP contribution >= 0.6 is 0 Å². The number of rotatable bonds is 15. The summed E-state index contributed by atoms with van der Waals surface area (Å²) in [6, 6.07) is 16.3. The first kappa shape index (κ1) is 26.8. The van der Waals surface area contributed by atoms with Crippen molar-refractivity contribution in [2.45, 2.75) is 84.7 Å². The van der Waals surface area contributed by atoms with E-state index in [-0.39, 0.29) is 6.61 Å². The van der Waals surface area contributed by atoms with Gasteiger partial charge in [0, 0.05) is 23.5 Å². The quantitative estimate of drug-likeness (QED) is 0.205. The van der Waals surface area contributed by atoms with Crippen molar-refractivity contribution in [2.24, 2.45) is 5.92 Å². The molecule has 0 amide bonds. The van der Waals surface area contributed by atoms with Crippen LogP contribution in [0.3, 0.4) is 0 Å². The fraction of sp³-hybridized carbons (Fsp3) is 0.484. The molecule has 188 valence electrons. The summed E-state index contributed by atoms with van der Waals surface area (Å²) in [4.78, 5) is 9.17. The Morgan fingerprint density at radius 1 is 0.743 bits per heavy atom. The van der Waals surface area contributed by atoms with Crippen LogP contribution in [0, 0.1) is 5.92 Å². The molecule has 0 fully saturated rings. The molecule has 4 heteroatoms. The van der Waals surface area contributed by atoms with Crippen molar-refractivity contribution in [1.82, 2.24) is 9.97 Å². The van der Waals surface area contributed by atoms with Gasteiger partial charge in [0.25, 0.3) is 0 Å². The topological polar surface area (TPSA) is 35.0 Å². The Hall–Kier alpha value is -2.75. The number of nitrogens with zero attached hydrogens (tertiary/aromatic N) is 2. The van der Waals surface area contributed by atoms with Crippen LogP contribution in [-0.2, 0) is 6.42 Å². The Bertz CT molecular complexity index is 968. The normalized spacial score (nSPS) is 12.1. The van der Waals surface area contributed by atoms with Crippen LogP contribution in [0.2, 0.25) is 0 Å². The van der Waals surface area contributed by atoms with Crippen LogP contribution < -0.4 is 4.74 Å². The molecule has 0 N–H and O–H groups in total. The number of hydrogen-bond acceptors (Lipinski definition) is 3. The van der Waals surface area contributed by atoms with Crippen molar-refractivity contribution in [3.63, 3.8) is 0 Å². The van der Waals surface area contributed by atoms with Gasteiger partial charge in [0.05, 0.1) is 0 Å². The van der Waals surface area contributed by atoms with Gasteiger partial charge in [-0.1, -0.05) is 95.7 Å². The fourth-order valence-corrected chi connectivity index (χ4v) is 4.24. The van der Waals surface area contributed by atoms with Crippen LogP contribution in [0.1, 0.15) is 77.7 Å². The van der Waals surface area contributed by atoms with Gasteiger partial charge in [-0.15, -0.1) is 0 Å². The molecule has 0 aliphatic rings. The van der Waals surface area contributed by atoms with Gasteiger partial charge in [-0.2, -0.15) is 0 Å². The molecule has 3 nitrogen and oxygen atoms in total. The van der Waals surface area contributed by atoms with Crippen molar-refractivity contribution in [2.75, 3.05) is 6.61 Å². The van der Waals surface area contributed by atoms with E-state index in [1.807, 2.05) is 50.5 Å². The predicted octanol–water partition coefficient (Wildman–Crippen LogP) is 8.87. The summed E-state index contributed by atoms with van der Waals surface area (Å²) in [6.07, 6.45) is 13.8. The standard InChI is InChI=1S/C31H41FN2O/c1-4-5-6-7-8-9-10-11-25-12-14-27(15-13-25)31-33-21-28(22-34-31)26-16-18-30(19-17-26)35-23-29(32)20-24(2)3/h12-19,21-22,24,29H,4-11,20,23H2,1-3H3. The number of alkyl halides is 1. The van der Waals surface area contributed by atoms with E-state index < -0.39 is 6.17 Å². The molecule has 0 spiro atoms. The van der Waals surface area contributed by atoms with E-state index in [4.69, 9.17) is 4.74 Å². The first-order chi connectivity index (χ1) is 17.0. The number of aryl methyl sites for hydroxylation is 1. The molecule has 3 rings (SSSR count). The van der Waals surface area contributed by atoms with Crippen LogP contribution in [-0.4, -0.2) is 22.7 Å². The lowest BCUT2D eigenvalue weighted by Gasteiger charge is -2.12. The minimum absolute atomic E-state index is 0.0904. The van der Waals surface area contributed by atoms with E-state index in [0.29, 0.717) is 18.1 Å². The Kier molecular flexibility index (Phi) is 11.2. The maximum atomic E-state index is 13.9. The Morgan fingerprint density at radius 3 is 1.97 bits per heavy atom. The number of benzene rings is 2. The summed E-state index contributed by atoms with van der Waals surface area (Å²) in [5.74, 6) is 1.73. The van der Waals surface area contributed by atoms with E-state index in [0.717, 1.165) is 28.9 Å². The highest BCUT2D eigenvalue weighted by Gasteiger charge is 2.10. The van der Waals surface area contributed by atoms with Gasteiger partial charge in [0.1, 0.15) is 18.5 Å². The first-order valence-corrected chi connectivity index (χ1v) is 13.3. The summed E-state index contributed by atoms with van der Waals surface area (Å²) in [6.45, 7) is 6.38. The number of hydrogen-bond donors (Lipinski definition) is 0. The average Bonchev–Trinajstić information content (AvgIpc) is 2.87. The van der Waals surface area contributed by atoms with Crippen molar-refractivity contribution in [1.29, 1.82) is 0 Å². The minimum Gasteiger partial charge on any atom is -0.491 e. The lowest BCUT2D eigenvalue weighted by atomic mass is 10.0. The molecule has 35 heavy (non-hydrogen) atoms. The van der Waals surface area contributed by atoms with Crippen molar-refractivity contribution < 1.29 is 9.13 Å². The zero-order valence-corrected chi connectivity index (χ0v) is 21.7. The molecular formula is C31H41FN2O.